The molecule has 1 heterocycles. The van der Waals surface area contributed by atoms with Crippen molar-refractivity contribution in [1.29, 1.82) is 0 Å². The topological polar surface area (TPSA) is 56.7 Å². The van der Waals surface area contributed by atoms with E-state index in [0.717, 1.165) is 17.2 Å². The maximum absolute atomic E-state index is 6.41. The summed E-state index contributed by atoms with van der Waals surface area (Å²) in [7, 11) is 0. The third kappa shape index (κ3) is 2.48. The van der Waals surface area contributed by atoms with Crippen molar-refractivity contribution in [2.45, 2.75) is 51.1 Å². The van der Waals surface area contributed by atoms with Crippen LogP contribution < -0.4 is 5.73 Å². The molecule has 20 heavy (non-hydrogen) atoms. The molecule has 0 radical (unpaired) electrons. The first-order chi connectivity index (χ1) is 9.77. The van der Waals surface area contributed by atoms with E-state index in [-0.39, 0.29) is 6.04 Å². The highest BCUT2D eigenvalue weighted by Crippen LogP contribution is 2.31. The molecule has 0 unspecified atom stereocenters. The zero-order chi connectivity index (χ0) is 13.9. The molecule has 3 rings (SSSR count). The Labute approximate surface area is 120 Å². The van der Waals surface area contributed by atoms with Crippen molar-refractivity contribution in [3.05, 3.63) is 47.5 Å². The lowest BCUT2D eigenvalue weighted by Crippen LogP contribution is -2.23. The van der Waals surface area contributed by atoms with Gasteiger partial charge in [-0.15, -0.1) is 10.2 Å². The van der Waals surface area contributed by atoms with Gasteiger partial charge in [0.1, 0.15) is 5.82 Å². The second kappa shape index (κ2) is 5.75. The fourth-order valence-electron chi connectivity index (χ4n) is 3.20. The van der Waals surface area contributed by atoms with Gasteiger partial charge >= 0.3 is 0 Å². The van der Waals surface area contributed by atoms with Crippen LogP contribution in [-0.4, -0.2) is 14.8 Å². The monoisotopic (exact) mass is 270 g/mol. The van der Waals surface area contributed by atoms with E-state index in [4.69, 9.17) is 5.73 Å². The minimum Gasteiger partial charge on any atom is -0.318 e. The molecule has 0 saturated heterocycles. The summed E-state index contributed by atoms with van der Waals surface area (Å²) >= 11 is 0. The van der Waals surface area contributed by atoms with Gasteiger partial charge in [-0.1, -0.05) is 49.6 Å². The molecule has 4 nitrogen and oxygen atoms in total. The molecule has 0 aliphatic heterocycles. The van der Waals surface area contributed by atoms with Crippen LogP contribution in [0.4, 0.5) is 0 Å². The average Bonchev–Trinajstić information content (AvgIpc) is 2.90. The first-order valence-corrected chi connectivity index (χ1v) is 7.49. The summed E-state index contributed by atoms with van der Waals surface area (Å²) in [5.41, 5.74) is 7.51. The molecule has 2 N–H and O–H groups in total. The summed E-state index contributed by atoms with van der Waals surface area (Å²) in [6.07, 6.45) is 6.36. The second-order valence-electron chi connectivity index (χ2n) is 5.66. The number of hydrogen-bond acceptors (Lipinski definition) is 3. The second-order valence-corrected chi connectivity index (χ2v) is 5.66. The van der Waals surface area contributed by atoms with Crippen molar-refractivity contribution in [3.63, 3.8) is 0 Å². The standard InChI is InChI=1S/C16H22N4/c1-12-18-19-16(15(17)13-8-4-2-5-9-13)20(12)14-10-6-3-7-11-14/h2,4-5,8-9,14-15H,3,6-7,10-11,17H2,1H3/t15-/m0/s1. The molecule has 1 aliphatic carbocycles. The van der Waals surface area contributed by atoms with Gasteiger partial charge in [0.25, 0.3) is 0 Å². The summed E-state index contributed by atoms with van der Waals surface area (Å²) in [6, 6.07) is 10.5. The minimum atomic E-state index is -0.195. The van der Waals surface area contributed by atoms with Crippen LogP contribution >= 0.6 is 0 Å². The van der Waals surface area contributed by atoms with E-state index in [0.29, 0.717) is 6.04 Å². The van der Waals surface area contributed by atoms with Crippen LogP contribution in [0.25, 0.3) is 0 Å². The van der Waals surface area contributed by atoms with E-state index in [1.807, 2.05) is 25.1 Å². The first-order valence-electron chi connectivity index (χ1n) is 7.49. The SMILES string of the molecule is Cc1nnc([C@@H](N)c2ccccc2)n1C1CCCCC1. The first kappa shape index (κ1) is 13.3. The molecule has 1 aromatic carbocycles. The van der Waals surface area contributed by atoms with Crippen LogP contribution in [-0.2, 0) is 0 Å². The van der Waals surface area contributed by atoms with Crippen molar-refractivity contribution in [2.24, 2.45) is 5.73 Å². The molecule has 106 valence electrons. The van der Waals surface area contributed by atoms with Crippen LogP contribution in [0.1, 0.15) is 61.4 Å². The molecule has 0 bridgehead atoms. The largest absolute Gasteiger partial charge is 0.318 e. The Bertz CT molecular complexity index is 555. The highest BCUT2D eigenvalue weighted by molar-refractivity contribution is 5.24. The smallest absolute Gasteiger partial charge is 0.154 e. The Balaban J connectivity index is 1.94. The highest BCUT2D eigenvalue weighted by atomic mass is 15.3. The average molecular weight is 270 g/mol. The molecular weight excluding hydrogens is 248 g/mol. The van der Waals surface area contributed by atoms with E-state index < -0.39 is 0 Å². The molecule has 1 aliphatic rings. The van der Waals surface area contributed by atoms with Crippen molar-refractivity contribution in [1.82, 2.24) is 14.8 Å². The van der Waals surface area contributed by atoms with Crippen LogP contribution in [0.5, 0.6) is 0 Å². The third-order valence-corrected chi connectivity index (χ3v) is 4.27. The van der Waals surface area contributed by atoms with E-state index in [2.05, 4.69) is 26.9 Å². The lowest BCUT2D eigenvalue weighted by Gasteiger charge is -2.26. The lowest BCUT2D eigenvalue weighted by molar-refractivity contribution is 0.338. The molecule has 0 spiro atoms. The van der Waals surface area contributed by atoms with Crippen molar-refractivity contribution in [2.75, 3.05) is 0 Å². The number of aromatic nitrogens is 3. The summed E-state index contributed by atoms with van der Waals surface area (Å²) in [4.78, 5) is 0. The number of aryl methyl sites for hydroxylation is 1. The number of benzene rings is 1. The van der Waals surface area contributed by atoms with Gasteiger partial charge in [-0.25, -0.2) is 0 Å². The molecule has 1 saturated carbocycles. The van der Waals surface area contributed by atoms with E-state index in [9.17, 15) is 0 Å². The van der Waals surface area contributed by atoms with Crippen LogP contribution in [0.3, 0.4) is 0 Å². The van der Waals surface area contributed by atoms with Gasteiger partial charge in [-0.05, 0) is 25.3 Å². The Morgan fingerprint density at radius 3 is 2.50 bits per heavy atom. The van der Waals surface area contributed by atoms with Crippen molar-refractivity contribution >= 4 is 0 Å². The van der Waals surface area contributed by atoms with Gasteiger partial charge in [0, 0.05) is 6.04 Å². The van der Waals surface area contributed by atoms with Gasteiger partial charge < -0.3 is 10.3 Å². The number of nitrogens with zero attached hydrogens (tertiary/aromatic N) is 3. The molecule has 2 aromatic rings. The molecule has 0 amide bonds. The van der Waals surface area contributed by atoms with E-state index in [1.54, 1.807) is 0 Å². The van der Waals surface area contributed by atoms with Gasteiger partial charge in [-0.2, -0.15) is 0 Å². The molecule has 1 aromatic heterocycles. The van der Waals surface area contributed by atoms with Gasteiger partial charge in [0.05, 0.1) is 6.04 Å². The predicted octanol–water partition coefficient (Wildman–Crippen LogP) is 3.14. The fourth-order valence-corrected chi connectivity index (χ4v) is 3.20. The summed E-state index contributed by atoms with van der Waals surface area (Å²) in [5.74, 6) is 1.89. The minimum absolute atomic E-state index is 0.195. The van der Waals surface area contributed by atoms with Gasteiger partial charge in [0.15, 0.2) is 5.82 Å². The van der Waals surface area contributed by atoms with Crippen molar-refractivity contribution in [3.8, 4) is 0 Å². The lowest BCUT2D eigenvalue weighted by atomic mass is 9.94. The number of rotatable bonds is 3. The maximum Gasteiger partial charge on any atom is 0.154 e. The summed E-state index contributed by atoms with van der Waals surface area (Å²) in [5, 5.41) is 8.63. The van der Waals surface area contributed by atoms with E-state index >= 15 is 0 Å². The zero-order valence-corrected chi connectivity index (χ0v) is 12.0. The third-order valence-electron chi connectivity index (χ3n) is 4.27. The quantitative estimate of drug-likeness (QED) is 0.932. The van der Waals surface area contributed by atoms with E-state index in [1.165, 1.54) is 32.1 Å². The normalized spacial score (nSPS) is 18.1. The van der Waals surface area contributed by atoms with Gasteiger partial charge in [0.2, 0.25) is 0 Å². The Kier molecular flexibility index (Phi) is 3.83. The summed E-state index contributed by atoms with van der Waals surface area (Å²) < 4.78 is 2.27. The number of hydrogen-bond donors (Lipinski definition) is 1. The Morgan fingerprint density at radius 1 is 1.10 bits per heavy atom. The predicted molar refractivity (Wildman–Crippen MR) is 79.4 cm³/mol. The Morgan fingerprint density at radius 2 is 1.80 bits per heavy atom. The van der Waals surface area contributed by atoms with Crippen LogP contribution in [0.2, 0.25) is 0 Å². The molecule has 1 fully saturated rings. The molecule has 4 heteroatoms. The van der Waals surface area contributed by atoms with Gasteiger partial charge in [-0.3, -0.25) is 0 Å². The summed E-state index contributed by atoms with van der Waals surface area (Å²) in [6.45, 7) is 2.03. The highest BCUT2D eigenvalue weighted by Gasteiger charge is 2.24. The zero-order valence-electron chi connectivity index (χ0n) is 12.0. The molecular formula is C16H22N4. The van der Waals surface area contributed by atoms with Crippen molar-refractivity contribution < 1.29 is 0 Å². The van der Waals surface area contributed by atoms with Crippen LogP contribution in [0.15, 0.2) is 30.3 Å². The fraction of sp³-hybridized carbons (Fsp3) is 0.500. The maximum atomic E-state index is 6.41. The molecule has 1 atom stereocenters. The van der Waals surface area contributed by atoms with Crippen LogP contribution in [0, 0.1) is 6.92 Å². The number of nitrogens with two attached hydrogens (primary N) is 1. The Hall–Kier alpha value is -1.68.